The van der Waals surface area contributed by atoms with Crippen molar-refractivity contribution in [1.82, 2.24) is 5.32 Å². The van der Waals surface area contributed by atoms with Crippen LogP contribution in [0.5, 0.6) is 0 Å². The molecule has 0 saturated carbocycles. The van der Waals surface area contributed by atoms with E-state index in [9.17, 15) is 4.39 Å². The highest BCUT2D eigenvalue weighted by Crippen LogP contribution is 2.18. The van der Waals surface area contributed by atoms with E-state index in [1.54, 1.807) is 6.07 Å². The van der Waals surface area contributed by atoms with Gasteiger partial charge in [0.2, 0.25) is 0 Å². The molecule has 1 aromatic rings. The minimum atomic E-state index is -0.293. The van der Waals surface area contributed by atoms with E-state index in [0.29, 0.717) is 23.7 Å². The summed E-state index contributed by atoms with van der Waals surface area (Å²) in [6, 6.07) is 4.98. The molecule has 0 bridgehead atoms. The Morgan fingerprint density at radius 1 is 1.53 bits per heavy atom. The summed E-state index contributed by atoms with van der Waals surface area (Å²) < 4.78 is 18.4. The third-order valence-electron chi connectivity index (χ3n) is 3.08. The van der Waals surface area contributed by atoms with Gasteiger partial charge in [0, 0.05) is 24.2 Å². The maximum absolute atomic E-state index is 12.9. The molecular formula is C13H17ClFNO. The van der Waals surface area contributed by atoms with Crippen molar-refractivity contribution in [2.45, 2.75) is 38.5 Å². The molecule has 2 rings (SSSR count). The van der Waals surface area contributed by atoms with Crippen LogP contribution in [-0.2, 0) is 11.3 Å². The molecule has 1 aliphatic rings. The minimum Gasteiger partial charge on any atom is -0.378 e. The van der Waals surface area contributed by atoms with Crippen molar-refractivity contribution in [1.29, 1.82) is 0 Å². The summed E-state index contributed by atoms with van der Waals surface area (Å²) in [7, 11) is 0. The molecule has 0 aromatic heterocycles. The van der Waals surface area contributed by atoms with Crippen molar-refractivity contribution in [3.63, 3.8) is 0 Å². The fourth-order valence-corrected chi connectivity index (χ4v) is 2.34. The number of nitrogens with one attached hydrogen (secondary N) is 1. The number of hydrogen-bond donors (Lipinski definition) is 1. The Labute approximate surface area is 106 Å². The highest BCUT2D eigenvalue weighted by atomic mass is 35.5. The van der Waals surface area contributed by atoms with E-state index in [1.165, 1.54) is 12.1 Å². The zero-order valence-electron chi connectivity index (χ0n) is 9.88. The summed E-state index contributed by atoms with van der Waals surface area (Å²) >= 11 is 5.97. The Bertz CT molecular complexity index is 386. The van der Waals surface area contributed by atoms with Crippen LogP contribution >= 0.6 is 11.6 Å². The number of rotatable bonds is 3. The topological polar surface area (TPSA) is 21.3 Å². The van der Waals surface area contributed by atoms with E-state index < -0.39 is 0 Å². The van der Waals surface area contributed by atoms with Crippen molar-refractivity contribution in [3.05, 3.63) is 34.6 Å². The Balaban J connectivity index is 1.88. The van der Waals surface area contributed by atoms with Gasteiger partial charge in [-0.25, -0.2) is 4.39 Å². The van der Waals surface area contributed by atoms with E-state index >= 15 is 0 Å². The van der Waals surface area contributed by atoms with Crippen LogP contribution in [0.2, 0.25) is 5.02 Å². The molecule has 1 heterocycles. The van der Waals surface area contributed by atoms with E-state index in [2.05, 4.69) is 12.2 Å². The molecule has 1 fully saturated rings. The lowest BCUT2D eigenvalue weighted by Crippen LogP contribution is -2.37. The second-order valence-electron chi connectivity index (χ2n) is 4.52. The molecule has 1 saturated heterocycles. The van der Waals surface area contributed by atoms with Gasteiger partial charge in [0.25, 0.3) is 0 Å². The summed E-state index contributed by atoms with van der Waals surface area (Å²) in [4.78, 5) is 0. The van der Waals surface area contributed by atoms with E-state index in [-0.39, 0.29) is 5.82 Å². The van der Waals surface area contributed by atoms with E-state index in [4.69, 9.17) is 16.3 Å². The van der Waals surface area contributed by atoms with Crippen molar-refractivity contribution in [2.24, 2.45) is 0 Å². The summed E-state index contributed by atoms with van der Waals surface area (Å²) in [5.74, 6) is -0.293. The lowest BCUT2D eigenvalue weighted by molar-refractivity contribution is 0.0130. The fraction of sp³-hybridized carbons (Fsp3) is 0.538. The molecular weight excluding hydrogens is 241 g/mol. The van der Waals surface area contributed by atoms with Crippen LogP contribution < -0.4 is 5.32 Å². The van der Waals surface area contributed by atoms with Gasteiger partial charge in [0.15, 0.2) is 0 Å². The Morgan fingerprint density at radius 2 is 2.35 bits per heavy atom. The van der Waals surface area contributed by atoms with Crippen LogP contribution in [0.25, 0.3) is 0 Å². The lowest BCUT2D eigenvalue weighted by atomic mass is 10.0. The average molecular weight is 258 g/mol. The highest BCUT2D eigenvalue weighted by Gasteiger charge is 2.18. The third kappa shape index (κ3) is 3.66. The molecule has 0 amide bonds. The minimum absolute atomic E-state index is 0.293. The van der Waals surface area contributed by atoms with Gasteiger partial charge in [0.1, 0.15) is 5.82 Å². The summed E-state index contributed by atoms with van der Waals surface area (Å²) in [6.45, 7) is 3.56. The molecule has 0 aliphatic carbocycles. The van der Waals surface area contributed by atoms with Crippen molar-refractivity contribution < 1.29 is 9.13 Å². The van der Waals surface area contributed by atoms with Crippen LogP contribution in [0.3, 0.4) is 0 Å². The van der Waals surface area contributed by atoms with E-state index in [0.717, 1.165) is 25.0 Å². The monoisotopic (exact) mass is 257 g/mol. The van der Waals surface area contributed by atoms with Crippen molar-refractivity contribution in [3.8, 4) is 0 Å². The number of ether oxygens (including phenoxy) is 1. The molecule has 1 aliphatic heterocycles. The van der Waals surface area contributed by atoms with Gasteiger partial charge in [-0.3, -0.25) is 0 Å². The van der Waals surface area contributed by atoms with Gasteiger partial charge in [-0.1, -0.05) is 17.7 Å². The second kappa shape index (κ2) is 5.80. The molecule has 1 N–H and O–H groups in total. The summed E-state index contributed by atoms with van der Waals surface area (Å²) in [5, 5.41) is 3.93. The second-order valence-corrected chi connectivity index (χ2v) is 4.93. The van der Waals surface area contributed by atoms with Crippen molar-refractivity contribution in [2.75, 3.05) is 6.61 Å². The first-order valence-corrected chi connectivity index (χ1v) is 6.32. The van der Waals surface area contributed by atoms with Crippen LogP contribution in [0.1, 0.15) is 25.3 Å². The SMILES string of the molecule is CC1CC(NCc2ccc(F)cc2Cl)CCO1. The van der Waals surface area contributed by atoms with Gasteiger partial charge in [-0.05, 0) is 37.5 Å². The molecule has 2 unspecified atom stereocenters. The molecule has 94 valence electrons. The van der Waals surface area contributed by atoms with Gasteiger partial charge < -0.3 is 10.1 Å². The molecule has 1 aromatic carbocycles. The lowest BCUT2D eigenvalue weighted by Gasteiger charge is -2.28. The van der Waals surface area contributed by atoms with Gasteiger partial charge in [0.05, 0.1) is 6.10 Å². The number of hydrogen-bond acceptors (Lipinski definition) is 2. The van der Waals surface area contributed by atoms with Crippen LogP contribution in [0.4, 0.5) is 4.39 Å². The maximum atomic E-state index is 12.9. The molecule has 4 heteroatoms. The molecule has 17 heavy (non-hydrogen) atoms. The molecule has 0 spiro atoms. The fourth-order valence-electron chi connectivity index (χ4n) is 2.10. The zero-order chi connectivity index (χ0) is 12.3. The first kappa shape index (κ1) is 12.8. The predicted octanol–water partition coefficient (Wildman–Crippen LogP) is 3.14. The highest BCUT2D eigenvalue weighted by molar-refractivity contribution is 6.31. The predicted molar refractivity (Wildman–Crippen MR) is 66.7 cm³/mol. The van der Waals surface area contributed by atoms with E-state index in [1.807, 2.05) is 0 Å². The molecule has 2 nitrogen and oxygen atoms in total. The Morgan fingerprint density at radius 3 is 3.06 bits per heavy atom. The Hall–Kier alpha value is -0.640. The zero-order valence-corrected chi connectivity index (χ0v) is 10.6. The van der Waals surface area contributed by atoms with Crippen molar-refractivity contribution >= 4 is 11.6 Å². The summed E-state index contributed by atoms with van der Waals surface area (Å²) in [5.41, 5.74) is 0.937. The third-order valence-corrected chi connectivity index (χ3v) is 3.43. The summed E-state index contributed by atoms with van der Waals surface area (Å²) in [6.07, 6.45) is 2.34. The average Bonchev–Trinajstić information content (AvgIpc) is 2.28. The molecule has 2 atom stereocenters. The number of halogens is 2. The largest absolute Gasteiger partial charge is 0.378 e. The van der Waals surface area contributed by atoms with Gasteiger partial charge in [-0.2, -0.15) is 0 Å². The standard InChI is InChI=1S/C13H17ClFNO/c1-9-6-12(4-5-17-9)16-8-10-2-3-11(15)7-13(10)14/h2-3,7,9,12,16H,4-6,8H2,1H3. The molecule has 0 radical (unpaired) electrons. The smallest absolute Gasteiger partial charge is 0.124 e. The van der Waals surface area contributed by atoms with Crippen LogP contribution in [-0.4, -0.2) is 18.8 Å². The number of benzene rings is 1. The Kier molecular flexibility index (Phi) is 4.37. The van der Waals surface area contributed by atoms with Crippen LogP contribution in [0.15, 0.2) is 18.2 Å². The maximum Gasteiger partial charge on any atom is 0.124 e. The van der Waals surface area contributed by atoms with Gasteiger partial charge in [-0.15, -0.1) is 0 Å². The normalized spacial score (nSPS) is 24.9. The first-order valence-electron chi connectivity index (χ1n) is 5.94. The van der Waals surface area contributed by atoms with Crippen LogP contribution in [0, 0.1) is 5.82 Å². The first-order chi connectivity index (χ1) is 8.15. The quantitative estimate of drug-likeness (QED) is 0.898. The van der Waals surface area contributed by atoms with Gasteiger partial charge >= 0.3 is 0 Å².